The number of nitrogens with zero attached hydrogens (tertiary/aromatic N) is 1. The van der Waals surface area contributed by atoms with E-state index < -0.39 is 20.0 Å². The van der Waals surface area contributed by atoms with E-state index in [2.05, 4.69) is 80.8 Å². The molecule has 522 valence electrons. The van der Waals surface area contributed by atoms with E-state index in [4.69, 9.17) is 13.8 Å². The Balaban J connectivity index is 4.99. The molecular formula is C79H150N2O7P+. The van der Waals surface area contributed by atoms with Crippen LogP contribution in [0.4, 0.5) is 0 Å². The second-order valence-corrected chi connectivity index (χ2v) is 29.0. The highest BCUT2D eigenvalue weighted by Crippen LogP contribution is 2.43. The molecule has 0 aromatic rings. The standard InChI is InChI=1S/C79H149N2O7P/c1-7-10-13-16-19-22-25-28-30-32-34-36-38-39-40-41-43-44-46-48-50-53-56-59-62-65-68-71-78(82)80-76(75-87-89(84,85)86-74-73-81(4,5)6)77(70-67-64-61-58-55-52-27-24-21-18-15-12-9-3)88-79(83)72-69-66-63-60-57-54-51-49-47-45-42-37-35-33-31-29-26-23-20-17-14-11-8-2/h19,22,28-31,34,36,67,70,76-77H,7-18,20-21,23-27,32-33,35,37-66,68-69,71-75H2,1-6H3,(H-,80,82,84,85)/p+1/b22-19-,30-28-,31-29+,36-34-,70-67-. The number of phosphoric ester groups is 1. The lowest BCUT2D eigenvalue weighted by atomic mass is 10.0. The Bertz CT molecular complexity index is 1700. The zero-order valence-electron chi connectivity index (χ0n) is 59.9. The molecule has 0 aromatic heterocycles. The normalized spacial score (nSPS) is 13.7. The molecule has 0 aliphatic heterocycles. The molecule has 0 spiro atoms. The predicted octanol–water partition coefficient (Wildman–Crippen LogP) is 24.9. The van der Waals surface area contributed by atoms with E-state index in [1.807, 2.05) is 27.2 Å². The van der Waals surface area contributed by atoms with E-state index in [0.29, 0.717) is 23.9 Å². The summed E-state index contributed by atoms with van der Waals surface area (Å²) in [5.74, 6) is -0.488. The minimum Gasteiger partial charge on any atom is -0.456 e. The molecule has 0 heterocycles. The summed E-state index contributed by atoms with van der Waals surface area (Å²) in [6.07, 6.45) is 89.6. The average Bonchev–Trinajstić information content (AvgIpc) is 3.65. The van der Waals surface area contributed by atoms with Crippen LogP contribution in [-0.4, -0.2) is 74.3 Å². The van der Waals surface area contributed by atoms with Crippen molar-refractivity contribution in [2.45, 2.75) is 392 Å². The van der Waals surface area contributed by atoms with E-state index in [-0.39, 0.29) is 25.1 Å². The highest BCUT2D eigenvalue weighted by atomic mass is 31.2. The van der Waals surface area contributed by atoms with Crippen LogP contribution in [0.3, 0.4) is 0 Å². The molecule has 0 aromatic carbocycles. The lowest BCUT2D eigenvalue weighted by Crippen LogP contribution is -2.47. The first-order valence-corrected chi connectivity index (χ1v) is 40.1. The lowest BCUT2D eigenvalue weighted by Gasteiger charge is -2.27. The number of esters is 1. The molecule has 89 heavy (non-hydrogen) atoms. The van der Waals surface area contributed by atoms with Crippen molar-refractivity contribution < 1.29 is 37.3 Å². The van der Waals surface area contributed by atoms with Gasteiger partial charge in [-0.05, 0) is 96.0 Å². The number of amides is 1. The summed E-state index contributed by atoms with van der Waals surface area (Å²) in [7, 11) is 1.51. The summed E-state index contributed by atoms with van der Waals surface area (Å²) >= 11 is 0. The molecule has 0 bridgehead atoms. The third-order valence-electron chi connectivity index (χ3n) is 17.4. The van der Waals surface area contributed by atoms with Gasteiger partial charge in [-0.1, -0.05) is 332 Å². The molecule has 0 saturated carbocycles. The van der Waals surface area contributed by atoms with Crippen molar-refractivity contribution in [1.29, 1.82) is 0 Å². The molecule has 0 rings (SSSR count). The van der Waals surface area contributed by atoms with Gasteiger partial charge in [-0.15, -0.1) is 0 Å². The predicted molar refractivity (Wildman–Crippen MR) is 388 cm³/mol. The summed E-state index contributed by atoms with van der Waals surface area (Å²) in [4.78, 5) is 38.0. The second kappa shape index (κ2) is 68.6. The molecule has 0 fully saturated rings. The van der Waals surface area contributed by atoms with E-state index in [9.17, 15) is 19.0 Å². The first-order valence-electron chi connectivity index (χ1n) is 38.6. The van der Waals surface area contributed by atoms with Gasteiger partial charge >= 0.3 is 13.8 Å². The lowest BCUT2D eigenvalue weighted by molar-refractivity contribution is -0.870. The molecule has 0 saturated heterocycles. The van der Waals surface area contributed by atoms with Gasteiger partial charge in [-0.25, -0.2) is 4.57 Å². The van der Waals surface area contributed by atoms with Gasteiger partial charge in [0.05, 0.1) is 33.8 Å². The third kappa shape index (κ3) is 69.9. The minimum atomic E-state index is -4.46. The largest absolute Gasteiger partial charge is 0.472 e. The topological polar surface area (TPSA) is 111 Å². The van der Waals surface area contributed by atoms with Crippen LogP contribution in [-0.2, 0) is 27.9 Å². The SMILES string of the molecule is CCCCC/C=C\C/C=C\C/C=C\CCCCCCCCCCCCCCCCC(=O)NC(COP(=O)(O)OCC[N+](C)(C)C)C(/C=C\CCCCCCCCCCCCC)OC(=O)CCCCCCCCCCCCCCC/C=C/CCCCCCCC. The number of rotatable bonds is 71. The van der Waals surface area contributed by atoms with Gasteiger partial charge in [-0.3, -0.25) is 18.6 Å². The Morgan fingerprint density at radius 3 is 1.06 bits per heavy atom. The maximum Gasteiger partial charge on any atom is 0.472 e. The molecule has 10 heteroatoms. The minimum absolute atomic E-state index is 0.0411. The number of phosphoric acid groups is 1. The molecule has 2 N–H and O–H groups in total. The van der Waals surface area contributed by atoms with Gasteiger partial charge < -0.3 is 19.4 Å². The van der Waals surface area contributed by atoms with Crippen LogP contribution in [0.25, 0.3) is 0 Å². The number of likely N-dealkylation sites (N-methyl/N-ethyl adjacent to an activating group) is 1. The number of quaternary nitrogens is 1. The molecule has 1 amide bonds. The van der Waals surface area contributed by atoms with Gasteiger partial charge in [-0.2, -0.15) is 0 Å². The van der Waals surface area contributed by atoms with Crippen LogP contribution >= 0.6 is 7.82 Å². The van der Waals surface area contributed by atoms with Gasteiger partial charge in [0.15, 0.2) is 0 Å². The maximum absolute atomic E-state index is 13.7. The molecule has 0 aliphatic carbocycles. The van der Waals surface area contributed by atoms with Crippen LogP contribution in [0.15, 0.2) is 60.8 Å². The van der Waals surface area contributed by atoms with Crippen molar-refractivity contribution in [3.05, 3.63) is 60.8 Å². The number of carbonyl (C=O) groups excluding carboxylic acids is 2. The molecule has 0 radical (unpaired) electrons. The van der Waals surface area contributed by atoms with Crippen molar-refractivity contribution in [2.75, 3.05) is 40.9 Å². The zero-order chi connectivity index (χ0) is 64.9. The van der Waals surface area contributed by atoms with E-state index in [1.54, 1.807) is 0 Å². The summed E-state index contributed by atoms with van der Waals surface area (Å²) < 4.78 is 30.9. The quantitative estimate of drug-likeness (QED) is 0.0205. The first-order chi connectivity index (χ1) is 43.4. The fraction of sp³-hybridized carbons (Fsp3) is 0.848. The third-order valence-corrected chi connectivity index (χ3v) is 18.4. The van der Waals surface area contributed by atoms with E-state index in [0.717, 1.165) is 70.6 Å². The highest BCUT2D eigenvalue weighted by molar-refractivity contribution is 7.47. The van der Waals surface area contributed by atoms with Gasteiger partial charge in [0.25, 0.3) is 0 Å². The Morgan fingerprint density at radius 1 is 0.393 bits per heavy atom. The van der Waals surface area contributed by atoms with Gasteiger partial charge in [0.1, 0.15) is 19.3 Å². The van der Waals surface area contributed by atoms with Crippen LogP contribution in [0.2, 0.25) is 0 Å². The highest BCUT2D eigenvalue weighted by Gasteiger charge is 2.30. The molecular weight excluding hydrogens is 1120 g/mol. The van der Waals surface area contributed by atoms with E-state index >= 15 is 0 Å². The Hall–Kier alpha value is -2.29. The molecule has 3 atom stereocenters. The van der Waals surface area contributed by atoms with Crippen molar-refractivity contribution >= 4 is 19.7 Å². The molecule has 0 aliphatic rings. The zero-order valence-corrected chi connectivity index (χ0v) is 60.8. The van der Waals surface area contributed by atoms with Gasteiger partial charge in [0.2, 0.25) is 5.91 Å². The summed E-state index contributed by atoms with van der Waals surface area (Å²) in [5.41, 5.74) is 0. The number of nitrogens with one attached hydrogen (secondary N) is 1. The average molecular weight is 1270 g/mol. The fourth-order valence-corrected chi connectivity index (χ4v) is 12.2. The summed E-state index contributed by atoms with van der Waals surface area (Å²) in [5, 5.41) is 3.08. The van der Waals surface area contributed by atoms with Crippen LogP contribution in [0, 0.1) is 0 Å². The summed E-state index contributed by atoms with van der Waals surface area (Å²) in [6, 6.07) is -0.850. The summed E-state index contributed by atoms with van der Waals surface area (Å²) in [6.45, 7) is 7.04. The van der Waals surface area contributed by atoms with Crippen molar-refractivity contribution in [1.82, 2.24) is 5.32 Å². The number of unbranched alkanes of at least 4 members (excludes halogenated alkanes) is 47. The smallest absolute Gasteiger partial charge is 0.456 e. The van der Waals surface area contributed by atoms with Gasteiger partial charge in [0, 0.05) is 12.8 Å². The monoisotopic (exact) mass is 1270 g/mol. The molecule has 3 unspecified atom stereocenters. The van der Waals surface area contributed by atoms with Crippen molar-refractivity contribution in [3.63, 3.8) is 0 Å². The maximum atomic E-state index is 13.7. The number of hydrogen-bond acceptors (Lipinski definition) is 6. The number of carbonyl (C=O) groups is 2. The van der Waals surface area contributed by atoms with Crippen molar-refractivity contribution in [3.8, 4) is 0 Å². The Labute approximate surface area is 553 Å². The second-order valence-electron chi connectivity index (χ2n) is 27.5. The number of ether oxygens (including phenoxy) is 1. The Morgan fingerprint density at radius 2 is 0.685 bits per heavy atom. The molecule has 9 nitrogen and oxygen atoms in total. The number of allylic oxidation sites excluding steroid dienone is 9. The van der Waals surface area contributed by atoms with Crippen molar-refractivity contribution in [2.24, 2.45) is 0 Å². The first kappa shape index (κ1) is 86.7. The van der Waals surface area contributed by atoms with Crippen LogP contribution < -0.4 is 5.32 Å². The van der Waals surface area contributed by atoms with Crippen LogP contribution in [0.1, 0.15) is 380 Å². The number of hydrogen-bond donors (Lipinski definition) is 2. The Kier molecular flexibility index (Phi) is 66.8. The fourth-order valence-electron chi connectivity index (χ4n) is 11.5. The van der Waals surface area contributed by atoms with Crippen LogP contribution in [0.5, 0.6) is 0 Å². The van der Waals surface area contributed by atoms with E-state index in [1.165, 1.54) is 276 Å².